The fourth-order valence-corrected chi connectivity index (χ4v) is 0.407. The molecule has 0 saturated carbocycles. The second-order valence-corrected chi connectivity index (χ2v) is 1.51. The van der Waals surface area contributed by atoms with Gasteiger partial charge >= 0.3 is 0 Å². The molecule has 0 atom stereocenters. The molecule has 13 heavy (non-hydrogen) atoms. The van der Waals surface area contributed by atoms with Crippen molar-refractivity contribution in [1.29, 1.82) is 0 Å². The van der Waals surface area contributed by atoms with Gasteiger partial charge < -0.3 is 0 Å². The van der Waals surface area contributed by atoms with Crippen molar-refractivity contribution in [3.63, 3.8) is 0 Å². The van der Waals surface area contributed by atoms with Crippen molar-refractivity contribution in [1.82, 2.24) is 0 Å². The van der Waals surface area contributed by atoms with Gasteiger partial charge in [0, 0.05) is 0 Å². The zero-order chi connectivity index (χ0) is 9.54. The molecule has 0 aliphatic rings. The van der Waals surface area contributed by atoms with Crippen LogP contribution in [0.2, 0.25) is 0 Å². The summed E-state index contributed by atoms with van der Waals surface area (Å²) in [5.74, 6) is 0. The molecule has 80 valence electrons. The van der Waals surface area contributed by atoms with Gasteiger partial charge in [0.05, 0.1) is 0 Å². The van der Waals surface area contributed by atoms with E-state index in [4.69, 9.17) is 0 Å². The maximum atomic E-state index is 3.60. The largest absolute Gasteiger partial charge is 0.106 e. The van der Waals surface area contributed by atoms with Crippen molar-refractivity contribution >= 4 is 0 Å². The molecule has 0 aromatic rings. The van der Waals surface area contributed by atoms with E-state index in [-0.39, 0.29) is 14.9 Å². The Kier molecular flexibility index (Phi) is 158. The quantitative estimate of drug-likeness (QED) is 0.405. The van der Waals surface area contributed by atoms with E-state index in [1.54, 1.807) is 0 Å². The highest BCUT2D eigenvalue weighted by Gasteiger charge is 1.74. The van der Waals surface area contributed by atoms with Gasteiger partial charge in [-0.15, -0.1) is 39.5 Å². The average Bonchev–Trinajstić information content (AvgIpc) is 2.13. The van der Waals surface area contributed by atoms with Crippen molar-refractivity contribution in [2.45, 2.75) is 34.1 Å². The molecule has 0 aromatic heterocycles. The molecule has 0 saturated heterocycles. The first kappa shape index (κ1) is 29.7. The van der Waals surface area contributed by atoms with Crippen LogP contribution in [0.1, 0.15) is 34.1 Å². The fraction of sp³-hybridized carbons (Fsp3) is 0.385. The molecule has 0 spiro atoms. The van der Waals surface area contributed by atoms with Crippen LogP contribution in [0.25, 0.3) is 0 Å². The van der Waals surface area contributed by atoms with Crippen LogP contribution in [-0.4, -0.2) is 0 Å². The number of hydrogen-bond acceptors (Lipinski definition) is 0. The van der Waals surface area contributed by atoms with Crippen LogP contribution in [0.5, 0.6) is 0 Å². The number of rotatable bonds is 4. The fourth-order valence-electron chi connectivity index (χ4n) is 0.407. The van der Waals surface area contributed by atoms with E-state index in [1.807, 2.05) is 12.2 Å². The van der Waals surface area contributed by atoms with Gasteiger partial charge in [-0.05, 0) is 19.3 Å². The van der Waals surface area contributed by atoms with Gasteiger partial charge in [0.1, 0.15) is 0 Å². The Hall–Kier alpha value is -1.04. The third kappa shape index (κ3) is 100. The van der Waals surface area contributed by atoms with E-state index in [2.05, 4.69) is 39.5 Å². The molecule has 0 aliphatic carbocycles. The van der Waals surface area contributed by atoms with E-state index in [9.17, 15) is 0 Å². The molecule has 0 heterocycles. The first-order valence-electron chi connectivity index (χ1n) is 3.63. The maximum Gasteiger partial charge on any atom is -0.0350 e. The van der Waals surface area contributed by atoms with Gasteiger partial charge in [-0.2, -0.15) is 0 Å². The predicted octanol–water partition coefficient (Wildman–Crippen LogP) is 5.41. The van der Waals surface area contributed by atoms with Gasteiger partial charge in [0.2, 0.25) is 0 Å². The molecule has 0 aliphatic heterocycles. The number of unbranched alkanes of at least 4 members (excludes halogenated alkanes) is 2. The molecule has 0 bridgehead atoms. The van der Waals surface area contributed by atoms with Crippen molar-refractivity contribution in [3.05, 3.63) is 51.6 Å². The lowest BCUT2D eigenvalue weighted by Gasteiger charge is -1.84. The van der Waals surface area contributed by atoms with Crippen LogP contribution in [0.4, 0.5) is 0 Å². The summed E-state index contributed by atoms with van der Waals surface area (Å²) in [5.41, 5.74) is 0. The Balaban J connectivity index is -0.0000000315. The van der Waals surface area contributed by atoms with Crippen LogP contribution in [0, 0.1) is 0 Å². The smallest absolute Gasteiger partial charge is 0.0350 e. The molecular formula is C13H28. The standard InChI is InChI=1S/C7H12.2C2H4.2CH4/c1-3-5-7-6-4-2;2*1-2;;/h3-4H,1-2,5-7H2;2*1-2H2;2*1H4. The third-order valence-electron chi connectivity index (χ3n) is 0.816. The van der Waals surface area contributed by atoms with Gasteiger partial charge in [0.15, 0.2) is 0 Å². The predicted molar refractivity (Wildman–Crippen MR) is 70.2 cm³/mol. The highest BCUT2D eigenvalue weighted by atomic mass is 13.8. The molecule has 0 heteroatoms. The van der Waals surface area contributed by atoms with Gasteiger partial charge in [0.25, 0.3) is 0 Å². The summed E-state index contributed by atoms with van der Waals surface area (Å²) in [7, 11) is 0. The zero-order valence-electron chi connectivity index (χ0n) is 7.52. The zero-order valence-corrected chi connectivity index (χ0v) is 7.52. The summed E-state index contributed by atoms with van der Waals surface area (Å²) in [6.07, 6.45) is 7.30. The van der Waals surface area contributed by atoms with Crippen molar-refractivity contribution in [3.8, 4) is 0 Å². The molecule has 0 nitrogen and oxygen atoms in total. The molecule has 0 fully saturated rings. The lowest BCUT2D eigenvalue weighted by Crippen LogP contribution is -1.64. The minimum Gasteiger partial charge on any atom is -0.106 e. The normalized spacial score (nSPS) is 4.92. The Morgan fingerprint density at radius 2 is 0.923 bits per heavy atom. The Morgan fingerprint density at radius 1 is 0.692 bits per heavy atom. The first-order chi connectivity index (χ1) is 5.41. The number of hydrogen-bond donors (Lipinski definition) is 0. The van der Waals surface area contributed by atoms with E-state index >= 15 is 0 Å². The van der Waals surface area contributed by atoms with Gasteiger partial charge in [-0.1, -0.05) is 27.0 Å². The van der Waals surface area contributed by atoms with E-state index in [0.29, 0.717) is 0 Å². The summed E-state index contributed by atoms with van der Waals surface area (Å²) >= 11 is 0. The average molecular weight is 184 g/mol. The van der Waals surface area contributed by atoms with Crippen LogP contribution >= 0.6 is 0 Å². The minimum absolute atomic E-state index is 0. The molecule has 0 aromatic carbocycles. The van der Waals surface area contributed by atoms with Crippen LogP contribution < -0.4 is 0 Å². The second kappa shape index (κ2) is 69.3. The molecule has 0 amide bonds. The first-order valence-corrected chi connectivity index (χ1v) is 3.63. The van der Waals surface area contributed by atoms with Crippen LogP contribution in [-0.2, 0) is 0 Å². The summed E-state index contributed by atoms with van der Waals surface area (Å²) in [4.78, 5) is 0. The van der Waals surface area contributed by atoms with E-state index < -0.39 is 0 Å². The Bertz CT molecular complexity index is 62.1. The summed E-state index contributed by atoms with van der Waals surface area (Å²) < 4.78 is 0. The SMILES string of the molecule is C.C.C=C.C=C.C=CCCCC=C. The topological polar surface area (TPSA) is 0 Å². The van der Waals surface area contributed by atoms with Gasteiger partial charge in [-0.3, -0.25) is 0 Å². The van der Waals surface area contributed by atoms with Gasteiger partial charge in [-0.25, -0.2) is 0 Å². The highest BCUT2D eigenvalue weighted by Crippen LogP contribution is 1.93. The number of allylic oxidation sites excluding steroid dienone is 2. The molecular weight excluding hydrogens is 156 g/mol. The summed E-state index contributed by atoms with van der Waals surface area (Å²) in [5, 5.41) is 0. The minimum atomic E-state index is 0. The highest BCUT2D eigenvalue weighted by molar-refractivity contribution is 4.71. The van der Waals surface area contributed by atoms with Crippen LogP contribution in [0.3, 0.4) is 0 Å². The van der Waals surface area contributed by atoms with Crippen molar-refractivity contribution in [2.75, 3.05) is 0 Å². The van der Waals surface area contributed by atoms with Crippen molar-refractivity contribution in [2.24, 2.45) is 0 Å². The Labute approximate surface area is 86.4 Å². The Morgan fingerprint density at radius 3 is 1.08 bits per heavy atom. The molecule has 0 unspecified atom stereocenters. The maximum absolute atomic E-state index is 3.60. The lowest BCUT2D eigenvalue weighted by molar-refractivity contribution is 0.871. The second-order valence-electron chi connectivity index (χ2n) is 1.51. The lowest BCUT2D eigenvalue weighted by atomic mass is 10.2. The molecule has 0 radical (unpaired) electrons. The van der Waals surface area contributed by atoms with E-state index in [0.717, 1.165) is 12.8 Å². The molecule has 0 rings (SSSR count). The van der Waals surface area contributed by atoms with E-state index in [1.165, 1.54) is 6.42 Å². The molecule has 0 N–H and O–H groups in total. The van der Waals surface area contributed by atoms with Crippen molar-refractivity contribution < 1.29 is 0 Å². The summed E-state index contributed by atoms with van der Waals surface area (Å²) in [6.45, 7) is 19.2. The third-order valence-corrected chi connectivity index (χ3v) is 0.816. The summed E-state index contributed by atoms with van der Waals surface area (Å²) in [6, 6.07) is 0. The van der Waals surface area contributed by atoms with Crippen LogP contribution in [0.15, 0.2) is 51.6 Å². The monoisotopic (exact) mass is 184 g/mol.